The molecule has 0 spiro atoms. The van der Waals surface area contributed by atoms with Crippen molar-refractivity contribution in [2.45, 2.75) is 19.4 Å². The molecule has 1 N–H and O–H groups in total. The molecule has 3 nitrogen and oxygen atoms in total. The lowest BCUT2D eigenvalue weighted by atomic mass is 10.0. The first-order valence-corrected chi connectivity index (χ1v) is 3.57. The summed E-state index contributed by atoms with van der Waals surface area (Å²) in [5.41, 5.74) is 0. The summed E-state index contributed by atoms with van der Waals surface area (Å²) >= 11 is 0. The Morgan fingerprint density at radius 2 is 2.40 bits per heavy atom. The van der Waals surface area contributed by atoms with Crippen molar-refractivity contribution in [1.29, 1.82) is 0 Å². The molecule has 0 aromatic rings. The van der Waals surface area contributed by atoms with E-state index in [-0.39, 0.29) is 12.0 Å². The van der Waals surface area contributed by atoms with Crippen LogP contribution in [0, 0.1) is 5.92 Å². The third kappa shape index (κ3) is 1.29. The topological polar surface area (TPSA) is 38.3 Å². The summed E-state index contributed by atoms with van der Waals surface area (Å²) in [5, 5.41) is 3.08. The summed E-state index contributed by atoms with van der Waals surface area (Å²) in [4.78, 5) is 10.9. The highest BCUT2D eigenvalue weighted by atomic mass is 16.5. The molecule has 1 aliphatic heterocycles. The van der Waals surface area contributed by atoms with Crippen LogP contribution in [0.4, 0.5) is 0 Å². The first kappa shape index (κ1) is 7.54. The normalized spacial score (nSPS) is 32.2. The number of carbonyl (C=O) groups excluding carboxylic acids is 1. The van der Waals surface area contributed by atoms with E-state index in [1.807, 2.05) is 0 Å². The molecule has 1 saturated heterocycles. The Morgan fingerprint density at radius 3 is 2.80 bits per heavy atom. The van der Waals surface area contributed by atoms with Crippen LogP contribution in [-0.2, 0) is 9.53 Å². The Kier molecular flexibility index (Phi) is 2.27. The van der Waals surface area contributed by atoms with Crippen molar-refractivity contribution in [2.75, 3.05) is 13.7 Å². The first-order valence-electron chi connectivity index (χ1n) is 3.57. The van der Waals surface area contributed by atoms with Crippen molar-refractivity contribution in [3.8, 4) is 0 Å². The minimum absolute atomic E-state index is 0.0648. The summed E-state index contributed by atoms with van der Waals surface area (Å²) in [6.45, 7) is 2.99. The van der Waals surface area contributed by atoms with Gasteiger partial charge in [-0.3, -0.25) is 4.79 Å². The summed E-state index contributed by atoms with van der Waals surface area (Å²) in [5.74, 6) is 0.289. The van der Waals surface area contributed by atoms with E-state index in [1.54, 1.807) is 0 Å². The van der Waals surface area contributed by atoms with Crippen LogP contribution in [0.25, 0.3) is 0 Å². The number of rotatable bonds is 1. The predicted molar refractivity (Wildman–Crippen MR) is 37.6 cm³/mol. The van der Waals surface area contributed by atoms with Gasteiger partial charge in [-0.05, 0) is 18.9 Å². The van der Waals surface area contributed by atoms with E-state index in [9.17, 15) is 4.79 Å². The van der Waals surface area contributed by atoms with Gasteiger partial charge in [0.25, 0.3) is 0 Å². The average Bonchev–Trinajstić information content (AvgIpc) is 2.34. The molecule has 0 radical (unpaired) electrons. The van der Waals surface area contributed by atoms with Gasteiger partial charge in [0.1, 0.15) is 6.04 Å². The molecule has 58 valence electrons. The van der Waals surface area contributed by atoms with Gasteiger partial charge in [-0.15, -0.1) is 0 Å². The van der Waals surface area contributed by atoms with Crippen LogP contribution in [0.5, 0.6) is 0 Å². The highest BCUT2D eigenvalue weighted by molar-refractivity contribution is 5.76. The van der Waals surface area contributed by atoms with Gasteiger partial charge < -0.3 is 10.1 Å². The number of methoxy groups -OCH3 is 1. The van der Waals surface area contributed by atoms with Crippen LogP contribution < -0.4 is 5.32 Å². The quantitative estimate of drug-likeness (QED) is 0.531. The molecule has 3 heteroatoms. The molecule has 2 atom stereocenters. The van der Waals surface area contributed by atoms with E-state index in [0.29, 0.717) is 5.92 Å². The highest BCUT2D eigenvalue weighted by Crippen LogP contribution is 2.14. The molecular formula is C7H13NO2. The molecular weight excluding hydrogens is 130 g/mol. The Bertz CT molecular complexity index is 136. The van der Waals surface area contributed by atoms with Gasteiger partial charge in [-0.2, -0.15) is 0 Å². The molecule has 1 heterocycles. The predicted octanol–water partition coefficient (Wildman–Crippen LogP) is 0.157. The number of carbonyl (C=O) groups is 1. The Labute approximate surface area is 60.7 Å². The fourth-order valence-electron chi connectivity index (χ4n) is 1.28. The number of nitrogens with one attached hydrogen (secondary N) is 1. The van der Waals surface area contributed by atoms with Crippen molar-refractivity contribution < 1.29 is 9.53 Å². The number of hydrogen-bond donors (Lipinski definition) is 1. The van der Waals surface area contributed by atoms with E-state index in [0.717, 1.165) is 13.0 Å². The molecule has 0 aromatic heterocycles. The molecule has 0 saturated carbocycles. The number of esters is 1. The van der Waals surface area contributed by atoms with E-state index in [2.05, 4.69) is 17.0 Å². The Hall–Kier alpha value is -0.570. The summed E-state index contributed by atoms with van der Waals surface area (Å²) in [7, 11) is 1.43. The zero-order chi connectivity index (χ0) is 7.56. The Balaban J connectivity index is 2.46. The van der Waals surface area contributed by atoms with Crippen molar-refractivity contribution in [2.24, 2.45) is 5.92 Å². The van der Waals surface area contributed by atoms with Crippen molar-refractivity contribution in [3.05, 3.63) is 0 Å². The largest absolute Gasteiger partial charge is 0.468 e. The molecule has 0 amide bonds. The zero-order valence-electron chi connectivity index (χ0n) is 6.39. The molecule has 1 rings (SSSR count). The van der Waals surface area contributed by atoms with Crippen molar-refractivity contribution in [1.82, 2.24) is 5.32 Å². The third-order valence-electron chi connectivity index (χ3n) is 1.99. The molecule has 0 unspecified atom stereocenters. The van der Waals surface area contributed by atoms with Crippen molar-refractivity contribution >= 4 is 5.97 Å². The van der Waals surface area contributed by atoms with Crippen LogP contribution in [-0.4, -0.2) is 25.7 Å². The van der Waals surface area contributed by atoms with Gasteiger partial charge in [-0.25, -0.2) is 0 Å². The highest BCUT2D eigenvalue weighted by Gasteiger charge is 2.29. The van der Waals surface area contributed by atoms with E-state index in [4.69, 9.17) is 0 Å². The van der Waals surface area contributed by atoms with Gasteiger partial charge in [0, 0.05) is 0 Å². The second-order valence-electron chi connectivity index (χ2n) is 2.72. The van der Waals surface area contributed by atoms with E-state index in [1.165, 1.54) is 7.11 Å². The SMILES string of the molecule is COC(=O)[C@H]1NCC[C@H]1C. The standard InChI is InChI=1S/C7H13NO2/c1-5-3-4-8-6(5)7(9)10-2/h5-6,8H,3-4H2,1-2H3/t5-,6+/m1/s1. The number of hydrogen-bond acceptors (Lipinski definition) is 3. The maximum Gasteiger partial charge on any atom is 0.323 e. The smallest absolute Gasteiger partial charge is 0.323 e. The van der Waals surface area contributed by atoms with E-state index < -0.39 is 0 Å². The van der Waals surface area contributed by atoms with Gasteiger partial charge in [0.05, 0.1) is 7.11 Å². The molecule has 1 aliphatic rings. The summed E-state index contributed by atoms with van der Waals surface area (Å²) in [6, 6.07) is -0.0648. The van der Waals surface area contributed by atoms with Crippen LogP contribution in [0.15, 0.2) is 0 Å². The van der Waals surface area contributed by atoms with Crippen LogP contribution in [0.1, 0.15) is 13.3 Å². The lowest BCUT2D eigenvalue weighted by Gasteiger charge is -2.11. The van der Waals surface area contributed by atoms with Gasteiger partial charge in [0.15, 0.2) is 0 Å². The first-order chi connectivity index (χ1) is 4.75. The number of ether oxygens (including phenoxy) is 1. The summed E-state index contributed by atoms with van der Waals surface area (Å²) in [6.07, 6.45) is 1.07. The molecule has 0 aromatic carbocycles. The van der Waals surface area contributed by atoms with Crippen molar-refractivity contribution in [3.63, 3.8) is 0 Å². The molecule has 1 fully saturated rings. The zero-order valence-corrected chi connectivity index (χ0v) is 6.39. The second-order valence-corrected chi connectivity index (χ2v) is 2.72. The summed E-state index contributed by atoms with van der Waals surface area (Å²) < 4.78 is 4.60. The minimum atomic E-state index is -0.134. The fraction of sp³-hybridized carbons (Fsp3) is 0.857. The monoisotopic (exact) mass is 143 g/mol. The maximum atomic E-state index is 10.9. The minimum Gasteiger partial charge on any atom is -0.468 e. The molecule has 10 heavy (non-hydrogen) atoms. The lowest BCUT2D eigenvalue weighted by molar-refractivity contribution is -0.143. The molecule has 0 aliphatic carbocycles. The second kappa shape index (κ2) is 3.01. The molecule has 0 bridgehead atoms. The van der Waals surface area contributed by atoms with E-state index >= 15 is 0 Å². The van der Waals surface area contributed by atoms with Gasteiger partial charge in [-0.1, -0.05) is 6.92 Å². The van der Waals surface area contributed by atoms with Gasteiger partial charge in [0.2, 0.25) is 0 Å². The maximum absolute atomic E-state index is 10.9. The van der Waals surface area contributed by atoms with Crippen LogP contribution >= 0.6 is 0 Å². The average molecular weight is 143 g/mol. The van der Waals surface area contributed by atoms with Crippen LogP contribution in [0.3, 0.4) is 0 Å². The Morgan fingerprint density at radius 1 is 1.70 bits per heavy atom. The van der Waals surface area contributed by atoms with Gasteiger partial charge >= 0.3 is 5.97 Å². The van der Waals surface area contributed by atoms with Crippen LogP contribution in [0.2, 0.25) is 0 Å². The fourth-order valence-corrected chi connectivity index (χ4v) is 1.28. The lowest BCUT2D eigenvalue weighted by Crippen LogP contribution is -2.35. The third-order valence-corrected chi connectivity index (χ3v) is 1.99.